The second-order valence-electron chi connectivity index (χ2n) is 8.51. The highest BCUT2D eigenvalue weighted by Crippen LogP contribution is 2.25. The fourth-order valence-electron chi connectivity index (χ4n) is 4.01. The van der Waals surface area contributed by atoms with Crippen molar-refractivity contribution in [3.8, 4) is 0 Å². The van der Waals surface area contributed by atoms with Crippen molar-refractivity contribution in [2.45, 2.75) is 39.0 Å². The molecule has 0 aliphatic heterocycles. The smallest absolute Gasteiger partial charge is 0.255 e. The maximum absolute atomic E-state index is 13.7. The normalized spacial score (nSPS) is 11.8. The van der Waals surface area contributed by atoms with Gasteiger partial charge >= 0.3 is 0 Å². The lowest BCUT2D eigenvalue weighted by atomic mass is 10.1. The molecule has 0 saturated carbocycles. The van der Waals surface area contributed by atoms with E-state index in [2.05, 4.69) is 10.5 Å². The van der Waals surface area contributed by atoms with Gasteiger partial charge in [0.2, 0.25) is 10.0 Å². The van der Waals surface area contributed by atoms with E-state index >= 15 is 0 Å². The average Bonchev–Trinajstić information content (AvgIpc) is 2.76. The summed E-state index contributed by atoms with van der Waals surface area (Å²) in [4.78, 5) is 12.9. The third-order valence-electron chi connectivity index (χ3n) is 5.46. The molecule has 0 atom stereocenters. The molecule has 178 valence electrons. The van der Waals surface area contributed by atoms with Crippen LogP contribution in [0.15, 0.2) is 76.7 Å². The van der Waals surface area contributed by atoms with Gasteiger partial charge in [-0.3, -0.25) is 4.79 Å². The van der Waals surface area contributed by atoms with Crippen LogP contribution < -0.4 is 5.43 Å². The molecule has 6 nitrogen and oxygen atoms in total. The molecule has 0 fully saturated rings. The quantitative estimate of drug-likeness (QED) is 0.369. The van der Waals surface area contributed by atoms with Crippen LogP contribution in [0.25, 0.3) is 0 Å². The van der Waals surface area contributed by atoms with Gasteiger partial charge in [-0.1, -0.05) is 77.9 Å². The number of nitrogens with zero attached hydrogens (tertiary/aromatic N) is 2. The maximum atomic E-state index is 13.7. The molecule has 0 saturated heterocycles. The molecule has 0 aromatic heterocycles. The van der Waals surface area contributed by atoms with Crippen LogP contribution in [0.1, 0.15) is 33.4 Å². The third-order valence-corrected chi connectivity index (χ3v) is 7.61. The summed E-state index contributed by atoms with van der Waals surface area (Å²) in [7, 11) is -3.91. The zero-order chi connectivity index (χ0) is 24.7. The molecule has 0 radical (unpaired) electrons. The molecule has 0 heterocycles. The first-order valence-electron chi connectivity index (χ1n) is 11.2. The van der Waals surface area contributed by atoms with E-state index in [9.17, 15) is 13.2 Å². The molecule has 0 spiro atoms. The van der Waals surface area contributed by atoms with E-state index in [0.29, 0.717) is 17.5 Å². The van der Waals surface area contributed by atoms with Crippen molar-refractivity contribution in [3.05, 3.63) is 100 Å². The molecule has 0 unspecified atom stereocenters. The summed E-state index contributed by atoms with van der Waals surface area (Å²) in [5.74, 6) is -0.497. The number of rotatable bonds is 9. The number of carbonyl (C=O) groups is 1. The number of aryl methyl sites for hydroxylation is 4. The van der Waals surface area contributed by atoms with Crippen molar-refractivity contribution in [3.63, 3.8) is 0 Å². The van der Waals surface area contributed by atoms with Crippen LogP contribution in [-0.4, -0.2) is 37.9 Å². The lowest BCUT2D eigenvalue weighted by Gasteiger charge is -2.24. The summed E-state index contributed by atoms with van der Waals surface area (Å²) in [6.07, 6.45) is 2.03. The van der Waals surface area contributed by atoms with E-state index in [0.717, 1.165) is 22.3 Å². The molecular weight excluding hydrogens is 446 g/mol. The van der Waals surface area contributed by atoms with Crippen LogP contribution in [0.4, 0.5) is 0 Å². The number of benzene rings is 3. The lowest BCUT2D eigenvalue weighted by molar-refractivity contribution is -0.121. The number of carbonyl (C=O) groups excluding carboxylic acids is 1. The Morgan fingerprint density at radius 3 is 2.24 bits per heavy atom. The molecule has 0 aliphatic rings. The maximum Gasteiger partial charge on any atom is 0.255 e. The Bertz CT molecular complexity index is 1260. The number of hydrogen-bond acceptors (Lipinski definition) is 4. The number of hydrazone groups is 1. The minimum absolute atomic E-state index is 0.175. The van der Waals surface area contributed by atoms with Gasteiger partial charge in [0.15, 0.2) is 0 Å². The Morgan fingerprint density at radius 2 is 1.59 bits per heavy atom. The van der Waals surface area contributed by atoms with E-state index < -0.39 is 15.9 Å². The summed E-state index contributed by atoms with van der Waals surface area (Å²) in [5.41, 5.74) is 7.72. The molecule has 7 heteroatoms. The molecule has 34 heavy (non-hydrogen) atoms. The van der Waals surface area contributed by atoms with Gasteiger partial charge in [-0.2, -0.15) is 9.41 Å². The number of amides is 1. The van der Waals surface area contributed by atoms with Gasteiger partial charge in [-0.25, -0.2) is 13.8 Å². The summed E-state index contributed by atoms with van der Waals surface area (Å²) in [5, 5.41) is 4.01. The predicted molar refractivity (Wildman–Crippen MR) is 136 cm³/mol. The standard InChI is InChI=1S/C27H31N3O3S/c1-20-9-8-12-25(17-20)18-28-29-26(31)19-30(14-13-24-10-6-5-7-11-24)34(32,33)27-22(3)15-21(2)16-23(27)4/h5-12,15-18H,13-14,19H2,1-4H3,(H,29,31). The largest absolute Gasteiger partial charge is 0.272 e. The molecule has 3 aromatic carbocycles. The highest BCUT2D eigenvalue weighted by Gasteiger charge is 2.29. The Labute approximate surface area is 202 Å². The van der Waals surface area contributed by atoms with Crippen LogP contribution in [-0.2, 0) is 21.2 Å². The molecule has 3 rings (SSSR count). The molecule has 3 aromatic rings. The number of sulfonamides is 1. The SMILES string of the molecule is Cc1cccc(C=NNC(=O)CN(CCc2ccccc2)S(=O)(=O)c2c(C)cc(C)cc2C)c1. The third kappa shape index (κ3) is 6.62. The Balaban J connectivity index is 1.82. The Hall–Kier alpha value is -3.29. The summed E-state index contributed by atoms with van der Waals surface area (Å²) < 4.78 is 28.6. The van der Waals surface area contributed by atoms with E-state index in [1.165, 1.54) is 4.31 Å². The average molecular weight is 478 g/mol. The zero-order valence-corrected chi connectivity index (χ0v) is 20.9. The van der Waals surface area contributed by atoms with Crippen molar-refractivity contribution >= 4 is 22.1 Å². The summed E-state index contributed by atoms with van der Waals surface area (Å²) in [6.45, 7) is 7.33. The van der Waals surface area contributed by atoms with Crippen molar-refractivity contribution in [2.75, 3.05) is 13.1 Å². The molecule has 0 bridgehead atoms. The van der Waals surface area contributed by atoms with Crippen molar-refractivity contribution in [1.29, 1.82) is 0 Å². The van der Waals surface area contributed by atoms with E-state index in [1.807, 2.05) is 80.6 Å². The first kappa shape index (κ1) is 25.3. The predicted octanol–water partition coefficient (Wildman–Crippen LogP) is 4.30. The second kappa shape index (κ2) is 11.2. The van der Waals surface area contributed by atoms with Crippen LogP contribution in [0.2, 0.25) is 0 Å². The number of hydrogen-bond donors (Lipinski definition) is 1. The van der Waals surface area contributed by atoms with Gasteiger partial charge < -0.3 is 0 Å². The van der Waals surface area contributed by atoms with Crippen molar-refractivity contribution in [1.82, 2.24) is 9.73 Å². The Kier molecular flexibility index (Phi) is 8.36. The van der Waals surface area contributed by atoms with Gasteiger partial charge in [0, 0.05) is 6.54 Å². The van der Waals surface area contributed by atoms with Crippen LogP contribution in [0.5, 0.6) is 0 Å². The van der Waals surface area contributed by atoms with Gasteiger partial charge in [0.1, 0.15) is 0 Å². The van der Waals surface area contributed by atoms with Gasteiger partial charge in [0.05, 0.1) is 17.7 Å². The lowest BCUT2D eigenvalue weighted by Crippen LogP contribution is -2.41. The fraction of sp³-hybridized carbons (Fsp3) is 0.259. The van der Waals surface area contributed by atoms with Crippen molar-refractivity contribution < 1.29 is 13.2 Å². The molecule has 1 amide bonds. The summed E-state index contributed by atoms with van der Waals surface area (Å²) >= 11 is 0. The molecular formula is C27H31N3O3S. The number of nitrogens with one attached hydrogen (secondary N) is 1. The van der Waals surface area contributed by atoms with E-state index in [1.54, 1.807) is 20.1 Å². The fourth-order valence-corrected chi connectivity index (χ4v) is 5.82. The van der Waals surface area contributed by atoms with Crippen molar-refractivity contribution in [2.24, 2.45) is 5.10 Å². The van der Waals surface area contributed by atoms with E-state index in [4.69, 9.17) is 0 Å². The van der Waals surface area contributed by atoms with Crippen LogP contribution in [0.3, 0.4) is 0 Å². The monoisotopic (exact) mass is 477 g/mol. The highest BCUT2D eigenvalue weighted by molar-refractivity contribution is 7.89. The minimum atomic E-state index is -3.91. The first-order chi connectivity index (χ1) is 16.2. The minimum Gasteiger partial charge on any atom is -0.272 e. The Morgan fingerprint density at radius 1 is 0.912 bits per heavy atom. The summed E-state index contributed by atoms with van der Waals surface area (Å²) in [6, 6.07) is 21.0. The first-order valence-corrected chi connectivity index (χ1v) is 12.6. The van der Waals surface area contributed by atoms with Crippen LogP contribution >= 0.6 is 0 Å². The van der Waals surface area contributed by atoms with Gasteiger partial charge in [-0.05, 0) is 56.4 Å². The zero-order valence-electron chi connectivity index (χ0n) is 20.1. The van der Waals surface area contributed by atoms with E-state index in [-0.39, 0.29) is 18.0 Å². The topological polar surface area (TPSA) is 78.8 Å². The second-order valence-corrected chi connectivity index (χ2v) is 10.4. The molecule has 1 N–H and O–H groups in total. The molecule has 0 aliphatic carbocycles. The van der Waals surface area contributed by atoms with Gasteiger partial charge in [0.25, 0.3) is 5.91 Å². The van der Waals surface area contributed by atoms with Gasteiger partial charge in [-0.15, -0.1) is 0 Å². The highest BCUT2D eigenvalue weighted by atomic mass is 32.2. The van der Waals surface area contributed by atoms with Crippen LogP contribution in [0, 0.1) is 27.7 Å².